The van der Waals surface area contributed by atoms with E-state index in [1.807, 2.05) is 0 Å². The highest BCUT2D eigenvalue weighted by atomic mass is 16.5. The number of carboxylic acid groups (broad SMARTS) is 1. The molecule has 2 heterocycles. The van der Waals surface area contributed by atoms with Crippen LogP contribution in [0.5, 0.6) is 0 Å². The molecule has 0 aromatic carbocycles. The Morgan fingerprint density at radius 1 is 1.67 bits per heavy atom. The molecule has 1 atom stereocenters. The van der Waals surface area contributed by atoms with Crippen molar-refractivity contribution in [3.05, 3.63) is 11.7 Å². The molecule has 1 aliphatic rings. The van der Waals surface area contributed by atoms with Crippen LogP contribution in [-0.4, -0.2) is 34.3 Å². The number of aryl methyl sites for hydroxylation is 1. The Morgan fingerprint density at radius 3 is 3.13 bits per heavy atom. The first-order chi connectivity index (χ1) is 7.25. The molecular weight excluding hydrogens is 198 g/mol. The van der Waals surface area contributed by atoms with Gasteiger partial charge in [-0.25, -0.2) is 4.79 Å². The summed E-state index contributed by atoms with van der Waals surface area (Å²) in [4.78, 5) is 14.3. The van der Waals surface area contributed by atoms with Gasteiger partial charge in [-0.2, -0.15) is 4.98 Å². The first-order valence-electron chi connectivity index (χ1n) is 5.02. The summed E-state index contributed by atoms with van der Waals surface area (Å²) in [6.07, 6.45) is 2.79. The van der Waals surface area contributed by atoms with Crippen LogP contribution in [0, 0.1) is 5.92 Å². The van der Waals surface area contributed by atoms with Gasteiger partial charge in [-0.15, -0.1) is 0 Å². The lowest BCUT2D eigenvalue weighted by molar-refractivity contribution is 0.0680. The molecule has 15 heavy (non-hydrogen) atoms. The number of carbonyl (C=O) groups is 1. The molecular formula is C9H13N3O3. The van der Waals surface area contributed by atoms with Gasteiger partial charge in [0.25, 0.3) is 5.82 Å². The summed E-state index contributed by atoms with van der Waals surface area (Å²) in [5, 5.41) is 15.2. The Hall–Kier alpha value is -1.43. The van der Waals surface area contributed by atoms with Crippen molar-refractivity contribution in [2.75, 3.05) is 13.1 Å². The van der Waals surface area contributed by atoms with Crippen LogP contribution in [0.15, 0.2) is 4.52 Å². The van der Waals surface area contributed by atoms with Crippen molar-refractivity contribution in [3.8, 4) is 0 Å². The minimum Gasteiger partial charge on any atom is -0.475 e. The first kappa shape index (κ1) is 10.1. The van der Waals surface area contributed by atoms with Crippen LogP contribution in [0.2, 0.25) is 0 Å². The maximum absolute atomic E-state index is 10.5. The van der Waals surface area contributed by atoms with E-state index in [1.165, 1.54) is 6.42 Å². The van der Waals surface area contributed by atoms with E-state index < -0.39 is 5.97 Å². The minimum atomic E-state index is -1.15. The SMILES string of the molecule is O=C(O)c1noc(CCC2CCNC2)n1. The number of rotatable bonds is 4. The zero-order valence-corrected chi connectivity index (χ0v) is 8.27. The molecule has 1 aromatic rings. The van der Waals surface area contributed by atoms with Gasteiger partial charge in [-0.05, 0) is 37.0 Å². The smallest absolute Gasteiger partial charge is 0.377 e. The van der Waals surface area contributed by atoms with Crippen LogP contribution in [0.25, 0.3) is 0 Å². The highest BCUT2D eigenvalue weighted by molar-refractivity contribution is 5.82. The van der Waals surface area contributed by atoms with Crippen molar-refractivity contribution in [2.45, 2.75) is 19.3 Å². The molecule has 2 N–H and O–H groups in total. The van der Waals surface area contributed by atoms with Gasteiger partial charge in [0.2, 0.25) is 5.89 Å². The van der Waals surface area contributed by atoms with E-state index in [0.717, 1.165) is 19.5 Å². The second kappa shape index (κ2) is 4.39. The molecule has 0 saturated carbocycles. The number of hydrogen-bond acceptors (Lipinski definition) is 5. The maximum Gasteiger partial charge on any atom is 0.377 e. The Kier molecular flexibility index (Phi) is 2.96. The van der Waals surface area contributed by atoms with Gasteiger partial charge in [-0.1, -0.05) is 0 Å². The van der Waals surface area contributed by atoms with E-state index in [0.29, 0.717) is 18.2 Å². The fraction of sp³-hybridized carbons (Fsp3) is 0.667. The summed E-state index contributed by atoms with van der Waals surface area (Å²) < 4.78 is 4.82. The highest BCUT2D eigenvalue weighted by Crippen LogP contribution is 2.14. The largest absolute Gasteiger partial charge is 0.475 e. The summed E-state index contributed by atoms with van der Waals surface area (Å²) >= 11 is 0. The van der Waals surface area contributed by atoms with E-state index in [4.69, 9.17) is 9.63 Å². The van der Waals surface area contributed by atoms with Crippen LogP contribution in [-0.2, 0) is 6.42 Å². The van der Waals surface area contributed by atoms with E-state index in [-0.39, 0.29) is 5.82 Å². The monoisotopic (exact) mass is 211 g/mol. The van der Waals surface area contributed by atoms with Gasteiger partial charge in [0.15, 0.2) is 0 Å². The molecule has 0 bridgehead atoms. The number of nitrogens with one attached hydrogen (secondary N) is 1. The lowest BCUT2D eigenvalue weighted by Gasteiger charge is -2.03. The zero-order chi connectivity index (χ0) is 10.7. The minimum absolute atomic E-state index is 0.255. The Labute approximate surface area is 86.7 Å². The number of carboxylic acids is 1. The van der Waals surface area contributed by atoms with E-state index in [1.54, 1.807) is 0 Å². The molecule has 1 saturated heterocycles. The average Bonchev–Trinajstić information content (AvgIpc) is 2.86. The van der Waals surface area contributed by atoms with Gasteiger partial charge >= 0.3 is 5.97 Å². The van der Waals surface area contributed by atoms with Crippen LogP contribution < -0.4 is 5.32 Å². The molecule has 0 radical (unpaired) electrons. The molecule has 6 heteroatoms. The van der Waals surface area contributed by atoms with Crippen molar-refractivity contribution in [1.29, 1.82) is 0 Å². The van der Waals surface area contributed by atoms with E-state index >= 15 is 0 Å². The summed E-state index contributed by atoms with van der Waals surface area (Å²) in [7, 11) is 0. The first-order valence-corrected chi connectivity index (χ1v) is 5.02. The third kappa shape index (κ3) is 2.53. The number of hydrogen-bond donors (Lipinski definition) is 2. The zero-order valence-electron chi connectivity index (χ0n) is 8.27. The van der Waals surface area contributed by atoms with Gasteiger partial charge in [0.05, 0.1) is 0 Å². The van der Waals surface area contributed by atoms with Crippen molar-refractivity contribution in [1.82, 2.24) is 15.5 Å². The predicted octanol–water partition coefficient (Wildman–Crippen LogP) is 0.310. The third-order valence-corrected chi connectivity index (χ3v) is 2.59. The predicted molar refractivity (Wildman–Crippen MR) is 50.6 cm³/mol. The molecule has 6 nitrogen and oxygen atoms in total. The molecule has 1 aliphatic heterocycles. The topological polar surface area (TPSA) is 88.2 Å². The van der Waals surface area contributed by atoms with E-state index in [9.17, 15) is 4.79 Å². The van der Waals surface area contributed by atoms with Crippen molar-refractivity contribution in [3.63, 3.8) is 0 Å². The highest BCUT2D eigenvalue weighted by Gasteiger charge is 2.17. The van der Waals surface area contributed by atoms with Gasteiger partial charge in [0, 0.05) is 6.42 Å². The summed E-state index contributed by atoms with van der Waals surface area (Å²) in [6, 6.07) is 0. The van der Waals surface area contributed by atoms with Crippen LogP contribution in [0.1, 0.15) is 29.4 Å². The van der Waals surface area contributed by atoms with E-state index in [2.05, 4.69) is 15.5 Å². The van der Waals surface area contributed by atoms with Crippen LogP contribution >= 0.6 is 0 Å². The molecule has 1 fully saturated rings. The van der Waals surface area contributed by atoms with Crippen LogP contribution in [0.4, 0.5) is 0 Å². The van der Waals surface area contributed by atoms with Gasteiger partial charge < -0.3 is 14.9 Å². The molecule has 0 aliphatic carbocycles. The second-order valence-corrected chi connectivity index (χ2v) is 3.71. The van der Waals surface area contributed by atoms with Gasteiger partial charge in [-0.3, -0.25) is 0 Å². The lowest BCUT2D eigenvalue weighted by Crippen LogP contribution is -2.09. The molecule has 2 rings (SSSR count). The summed E-state index contributed by atoms with van der Waals surface area (Å²) in [5.74, 6) is -0.341. The van der Waals surface area contributed by atoms with Crippen molar-refractivity contribution >= 4 is 5.97 Å². The number of aromatic nitrogens is 2. The van der Waals surface area contributed by atoms with Crippen molar-refractivity contribution < 1.29 is 14.4 Å². The molecule has 1 aromatic heterocycles. The summed E-state index contributed by atoms with van der Waals surface area (Å²) in [5.41, 5.74) is 0. The average molecular weight is 211 g/mol. The molecule has 82 valence electrons. The molecule has 0 amide bonds. The second-order valence-electron chi connectivity index (χ2n) is 3.71. The lowest BCUT2D eigenvalue weighted by atomic mass is 10.0. The number of aromatic carboxylic acids is 1. The van der Waals surface area contributed by atoms with Gasteiger partial charge in [0.1, 0.15) is 0 Å². The fourth-order valence-electron chi connectivity index (χ4n) is 1.73. The maximum atomic E-state index is 10.5. The number of nitrogens with zero attached hydrogens (tertiary/aromatic N) is 2. The Balaban J connectivity index is 1.84. The normalized spacial score (nSPS) is 20.7. The van der Waals surface area contributed by atoms with Crippen LogP contribution in [0.3, 0.4) is 0 Å². The third-order valence-electron chi connectivity index (χ3n) is 2.59. The molecule has 0 spiro atoms. The fourth-order valence-corrected chi connectivity index (χ4v) is 1.73. The van der Waals surface area contributed by atoms with Crippen molar-refractivity contribution in [2.24, 2.45) is 5.92 Å². The standard InChI is InChI=1S/C9H13N3O3/c13-9(14)8-11-7(15-12-8)2-1-6-3-4-10-5-6/h6,10H,1-5H2,(H,13,14). The molecule has 1 unspecified atom stereocenters. The summed E-state index contributed by atoms with van der Waals surface area (Å²) in [6.45, 7) is 2.09. The quantitative estimate of drug-likeness (QED) is 0.745. The Morgan fingerprint density at radius 2 is 2.53 bits per heavy atom. The Bertz CT molecular complexity index is 344.